The Morgan fingerprint density at radius 2 is 1.95 bits per heavy atom. The summed E-state index contributed by atoms with van der Waals surface area (Å²) in [6.07, 6.45) is 4.49. The van der Waals surface area contributed by atoms with Crippen LogP contribution in [0.2, 0.25) is 0 Å². The van der Waals surface area contributed by atoms with Crippen molar-refractivity contribution in [2.24, 2.45) is 5.92 Å². The number of carbonyl (C=O) groups is 2. The predicted octanol–water partition coefficient (Wildman–Crippen LogP) is 3.02. The molecule has 2 atom stereocenters. The molecule has 1 aromatic heterocycles. The first kappa shape index (κ1) is 14.6. The van der Waals surface area contributed by atoms with E-state index >= 15 is 0 Å². The molecule has 0 aromatic carbocycles. The second-order valence-electron chi connectivity index (χ2n) is 5.39. The minimum absolute atomic E-state index is 0.113. The molecule has 1 saturated carbocycles. The monoisotopic (exact) mass is 279 g/mol. The number of hydrogen-bond donors (Lipinski definition) is 1. The predicted molar refractivity (Wildman–Crippen MR) is 73.8 cm³/mol. The molecular formula is C15H21NO4. The highest BCUT2D eigenvalue weighted by molar-refractivity contribution is 5.93. The molecule has 5 heteroatoms. The van der Waals surface area contributed by atoms with Crippen molar-refractivity contribution < 1.29 is 19.1 Å². The zero-order chi connectivity index (χ0) is 14.7. The van der Waals surface area contributed by atoms with Crippen LogP contribution in [0.3, 0.4) is 0 Å². The zero-order valence-electron chi connectivity index (χ0n) is 12.0. The molecule has 0 bridgehead atoms. The molecule has 0 aliphatic heterocycles. The van der Waals surface area contributed by atoms with Gasteiger partial charge in [-0.25, -0.2) is 4.79 Å². The minimum atomic E-state index is -1.15. The number of carbonyl (C=O) groups excluding carboxylic acids is 1. The summed E-state index contributed by atoms with van der Waals surface area (Å²) in [5.41, 5.74) is 0. The molecule has 5 nitrogen and oxygen atoms in total. The smallest absolute Gasteiger partial charge is 0.371 e. The van der Waals surface area contributed by atoms with Crippen molar-refractivity contribution in [2.75, 3.05) is 6.54 Å². The molecule has 1 amide bonds. The Bertz CT molecular complexity index is 494. The zero-order valence-corrected chi connectivity index (χ0v) is 12.0. The van der Waals surface area contributed by atoms with E-state index in [1.165, 1.54) is 18.6 Å². The van der Waals surface area contributed by atoms with Gasteiger partial charge in [-0.2, -0.15) is 0 Å². The van der Waals surface area contributed by atoms with Gasteiger partial charge in [0.25, 0.3) is 5.91 Å². The van der Waals surface area contributed by atoms with Crippen molar-refractivity contribution >= 4 is 11.9 Å². The Morgan fingerprint density at radius 3 is 2.50 bits per heavy atom. The molecule has 0 radical (unpaired) electrons. The minimum Gasteiger partial charge on any atom is -0.475 e. The summed E-state index contributed by atoms with van der Waals surface area (Å²) < 4.78 is 5.12. The SMILES string of the molecule is CCN(C(=O)c1ccc(C(=O)O)o1)C1CCCCC1C. The van der Waals surface area contributed by atoms with Crippen LogP contribution in [0.1, 0.15) is 60.6 Å². The van der Waals surface area contributed by atoms with Crippen LogP contribution in [-0.2, 0) is 0 Å². The number of rotatable bonds is 4. The van der Waals surface area contributed by atoms with Gasteiger partial charge in [0.2, 0.25) is 5.76 Å². The van der Waals surface area contributed by atoms with Crippen molar-refractivity contribution in [3.05, 3.63) is 23.7 Å². The molecule has 2 unspecified atom stereocenters. The first-order chi connectivity index (χ1) is 9.54. The van der Waals surface area contributed by atoms with Crippen LogP contribution in [0, 0.1) is 5.92 Å². The third kappa shape index (κ3) is 2.86. The fourth-order valence-electron chi connectivity index (χ4n) is 3.00. The van der Waals surface area contributed by atoms with Gasteiger partial charge in [-0.3, -0.25) is 4.79 Å². The average molecular weight is 279 g/mol. The van der Waals surface area contributed by atoms with Gasteiger partial charge in [-0.1, -0.05) is 19.8 Å². The van der Waals surface area contributed by atoms with E-state index in [0.29, 0.717) is 12.5 Å². The summed E-state index contributed by atoms with van der Waals surface area (Å²) in [5, 5.41) is 8.85. The molecule has 110 valence electrons. The second-order valence-corrected chi connectivity index (χ2v) is 5.39. The van der Waals surface area contributed by atoms with Gasteiger partial charge in [-0.15, -0.1) is 0 Å². The Labute approximate surface area is 118 Å². The van der Waals surface area contributed by atoms with Crippen LogP contribution in [0.25, 0.3) is 0 Å². The van der Waals surface area contributed by atoms with Crippen LogP contribution < -0.4 is 0 Å². The quantitative estimate of drug-likeness (QED) is 0.919. The Morgan fingerprint density at radius 1 is 1.30 bits per heavy atom. The molecular weight excluding hydrogens is 258 g/mol. The maximum Gasteiger partial charge on any atom is 0.371 e. The van der Waals surface area contributed by atoms with E-state index in [-0.39, 0.29) is 23.5 Å². The summed E-state index contributed by atoms with van der Waals surface area (Å²) in [6, 6.07) is 3.00. The molecule has 20 heavy (non-hydrogen) atoms. The van der Waals surface area contributed by atoms with Gasteiger partial charge in [-0.05, 0) is 37.8 Å². The Kier molecular flexibility index (Phi) is 4.47. The normalized spacial score (nSPS) is 22.5. The average Bonchev–Trinajstić information content (AvgIpc) is 2.91. The third-order valence-corrected chi connectivity index (χ3v) is 4.10. The number of aromatic carboxylic acids is 1. The lowest BCUT2D eigenvalue weighted by Gasteiger charge is -2.37. The van der Waals surface area contributed by atoms with Crippen LogP contribution in [0.5, 0.6) is 0 Å². The maximum atomic E-state index is 12.5. The van der Waals surface area contributed by atoms with E-state index in [2.05, 4.69) is 6.92 Å². The Hall–Kier alpha value is -1.78. The fourth-order valence-corrected chi connectivity index (χ4v) is 3.00. The molecule has 1 fully saturated rings. The fraction of sp³-hybridized carbons (Fsp3) is 0.600. The third-order valence-electron chi connectivity index (χ3n) is 4.10. The molecule has 1 aliphatic carbocycles. The van der Waals surface area contributed by atoms with E-state index in [9.17, 15) is 9.59 Å². The molecule has 1 aromatic rings. The van der Waals surface area contributed by atoms with E-state index in [1.54, 1.807) is 0 Å². The topological polar surface area (TPSA) is 70.8 Å². The van der Waals surface area contributed by atoms with E-state index in [1.807, 2.05) is 11.8 Å². The van der Waals surface area contributed by atoms with Crippen LogP contribution in [-0.4, -0.2) is 34.5 Å². The number of amides is 1. The lowest BCUT2D eigenvalue weighted by atomic mass is 9.85. The number of carboxylic acids is 1. The number of nitrogens with zero attached hydrogens (tertiary/aromatic N) is 1. The van der Waals surface area contributed by atoms with Crippen molar-refractivity contribution in [1.29, 1.82) is 0 Å². The molecule has 0 saturated heterocycles. The van der Waals surface area contributed by atoms with Gasteiger partial charge in [0.15, 0.2) is 5.76 Å². The number of hydrogen-bond acceptors (Lipinski definition) is 3. The van der Waals surface area contributed by atoms with E-state index < -0.39 is 5.97 Å². The molecule has 1 heterocycles. The number of carboxylic acid groups (broad SMARTS) is 1. The first-order valence-electron chi connectivity index (χ1n) is 7.18. The van der Waals surface area contributed by atoms with Gasteiger partial charge < -0.3 is 14.4 Å². The summed E-state index contributed by atoms with van der Waals surface area (Å²) in [7, 11) is 0. The lowest BCUT2D eigenvalue weighted by molar-refractivity contribution is 0.0531. The van der Waals surface area contributed by atoms with Gasteiger partial charge in [0.1, 0.15) is 0 Å². The lowest BCUT2D eigenvalue weighted by Crippen LogP contribution is -2.45. The van der Waals surface area contributed by atoms with Gasteiger partial charge >= 0.3 is 5.97 Å². The van der Waals surface area contributed by atoms with Crippen LogP contribution in [0.15, 0.2) is 16.5 Å². The molecule has 1 aliphatic rings. The highest BCUT2D eigenvalue weighted by atomic mass is 16.4. The molecule has 1 N–H and O–H groups in total. The van der Waals surface area contributed by atoms with Crippen molar-refractivity contribution in [3.8, 4) is 0 Å². The first-order valence-corrected chi connectivity index (χ1v) is 7.18. The summed E-state index contributed by atoms with van der Waals surface area (Å²) >= 11 is 0. The molecule has 0 spiro atoms. The summed E-state index contributed by atoms with van der Waals surface area (Å²) in [6.45, 7) is 4.72. The van der Waals surface area contributed by atoms with Gasteiger partial charge in [0.05, 0.1) is 0 Å². The standard InChI is InChI=1S/C15H21NO4/c1-3-16(11-7-5-4-6-10(11)2)14(17)12-8-9-13(20-12)15(18)19/h8-11H,3-7H2,1-2H3,(H,18,19). The van der Waals surface area contributed by atoms with Crippen molar-refractivity contribution in [2.45, 2.75) is 45.6 Å². The number of furan rings is 1. The Balaban J connectivity index is 2.17. The van der Waals surface area contributed by atoms with Crippen molar-refractivity contribution in [3.63, 3.8) is 0 Å². The van der Waals surface area contributed by atoms with E-state index in [4.69, 9.17) is 9.52 Å². The maximum absolute atomic E-state index is 12.5. The van der Waals surface area contributed by atoms with Crippen molar-refractivity contribution in [1.82, 2.24) is 4.90 Å². The molecule has 2 rings (SSSR count). The summed E-state index contributed by atoms with van der Waals surface area (Å²) in [4.78, 5) is 25.1. The van der Waals surface area contributed by atoms with Crippen LogP contribution in [0.4, 0.5) is 0 Å². The van der Waals surface area contributed by atoms with Gasteiger partial charge in [0, 0.05) is 12.6 Å². The van der Waals surface area contributed by atoms with Crippen LogP contribution >= 0.6 is 0 Å². The highest BCUT2D eigenvalue weighted by Gasteiger charge is 2.31. The summed E-state index contributed by atoms with van der Waals surface area (Å²) in [5.74, 6) is -0.971. The highest BCUT2D eigenvalue weighted by Crippen LogP contribution is 2.29. The largest absolute Gasteiger partial charge is 0.475 e. The van der Waals surface area contributed by atoms with E-state index in [0.717, 1.165) is 19.3 Å². The second kappa shape index (κ2) is 6.11.